The lowest BCUT2D eigenvalue weighted by molar-refractivity contribution is 0.406. The maximum atomic E-state index is 6.24. The van der Waals surface area contributed by atoms with Gasteiger partial charge in [0.15, 0.2) is 5.75 Å². The number of rotatable bonds is 3. The third kappa shape index (κ3) is 2.44. The van der Waals surface area contributed by atoms with E-state index in [0.29, 0.717) is 0 Å². The molecule has 2 N–H and O–H groups in total. The van der Waals surface area contributed by atoms with Crippen molar-refractivity contribution in [3.8, 4) is 5.75 Å². The Labute approximate surface area is 114 Å². The number of hydrogen-bond acceptors (Lipinski definition) is 3. The van der Waals surface area contributed by atoms with Gasteiger partial charge in [0.05, 0.1) is 19.3 Å². The van der Waals surface area contributed by atoms with Crippen molar-refractivity contribution in [2.45, 2.75) is 6.04 Å². The van der Waals surface area contributed by atoms with Crippen LogP contribution in [0.2, 0.25) is 0 Å². The van der Waals surface area contributed by atoms with Gasteiger partial charge in [-0.05, 0) is 40.3 Å². The standard InChI is InChI=1S/C12H14IN3O/c1-16-12(10(17-2)7-15-16)11(14)8-3-5-9(13)6-4-8/h3-7,11H,14H2,1-2H3. The summed E-state index contributed by atoms with van der Waals surface area (Å²) in [4.78, 5) is 0. The van der Waals surface area contributed by atoms with Crippen LogP contribution in [0.3, 0.4) is 0 Å². The van der Waals surface area contributed by atoms with Crippen LogP contribution in [0.15, 0.2) is 30.5 Å². The summed E-state index contributed by atoms with van der Waals surface area (Å²) in [7, 11) is 3.49. The number of benzene rings is 1. The average molecular weight is 343 g/mol. The van der Waals surface area contributed by atoms with Crippen LogP contribution in [-0.2, 0) is 7.05 Å². The van der Waals surface area contributed by atoms with Crippen LogP contribution in [-0.4, -0.2) is 16.9 Å². The van der Waals surface area contributed by atoms with E-state index >= 15 is 0 Å². The number of nitrogens with two attached hydrogens (primary N) is 1. The molecule has 0 aliphatic heterocycles. The van der Waals surface area contributed by atoms with Gasteiger partial charge in [-0.15, -0.1) is 0 Å². The molecule has 0 radical (unpaired) electrons. The van der Waals surface area contributed by atoms with E-state index in [0.717, 1.165) is 17.0 Å². The smallest absolute Gasteiger partial charge is 0.161 e. The molecule has 1 unspecified atom stereocenters. The highest BCUT2D eigenvalue weighted by atomic mass is 127. The lowest BCUT2D eigenvalue weighted by Crippen LogP contribution is -2.16. The van der Waals surface area contributed by atoms with Gasteiger partial charge in [0.25, 0.3) is 0 Å². The Hall–Kier alpha value is -1.08. The molecule has 2 rings (SSSR count). The van der Waals surface area contributed by atoms with E-state index in [9.17, 15) is 0 Å². The van der Waals surface area contributed by atoms with Crippen molar-refractivity contribution in [3.05, 3.63) is 45.3 Å². The molecule has 90 valence electrons. The van der Waals surface area contributed by atoms with Crippen LogP contribution in [0.4, 0.5) is 0 Å². The Bertz CT molecular complexity index is 507. The van der Waals surface area contributed by atoms with Crippen molar-refractivity contribution in [2.24, 2.45) is 12.8 Å². The summed E-state index contributed by atoms with van der Waals surface area (Å²) in [6, 6.07) is 7.91. The number of methoxy groups -OCH3 is 1. The van der Waals surface area contributed by atoms with Crippen molar-refractivity contribution in [1.82, 2.24) is 9.78 Å². The third-order valence-corrected chi connectivity index (χ3v) is 3.41. The number of aryl methyl sites for hydroxylation is 1. The van der Waals surface area contributed by atoms with Gasteiger partial charge in [-0.25, -0.2) is 0 Å². The highest BCUT2D eigenvalue weighted by molar-refractivity contribution is 14.1. The Morgan fingerprint density at radius 1 is 1.35 bits per heavy atom. The Balaban J connectivity index is 2.39. The highest BCUT2D eigenvalue weighted by Gasteiger charge is 2.18. The fourth-order valence-corrected chi connectivity index (χ4v) is 2.13. The van der Waals surface area contributed by atoms with Gasteiger partial charge in [0.2, 0.25) is 0 Å². The molecule has 4 nitrogen and oxygen atoms in total. The number of aromatic nitrogens is 2. The summed E-state index contributed by atoms with van der Waals surface area (Å²) in [6.07, 6.45) is 1.68. The van der Waals surface area contributed by atoms with Gasteiger partial charge in [0.1, 0.15) is 5.69 Å². The maximum Gasteiger partial charge on any atom is 0.161 e. The first kappa shape index (κ1) is 12.4. The molecule has 0 aliphatic carbocycles. The SMILES string of the molecule is COc1cnn(C)c1C(N)c1ccc(I)cc1. The van der Waals surface area contributed by atoms with E-state index in [1.165, 1.54) is 3.57 Å². The quantitative estimate of drug-likeness (QED) is 0.869. The van der Waals surface area contributed by atoms with Crippen LogP contribution in [0.1, 0.15) is 17.3 Å². The minimum atomic E-state index is -0.227. The van der Waals surface area contributed by atoms with Gasteiger partial charge in [-0.2, -0.15) is 5.10 Å². The van der Waals surface area contributed by atoms with Crippen molar-refractivity contribution < 1.29 is 4.74 Å². The zero-order chi connectivity index (χ0) is 12.4. The zero-order valence-electron chi connectivity index (χ0n) is 9.72. The summed E-state index contributed by atoms with van der Waals surface area (Å²) in [6.45, 7) is 0. The first-order valence-electron chi connectivity index (χ1n) is 5.20. The van der Waals surface area contributed by atoms with Gasteiger partial charge >= 0.3 is 0 Å². The summed E-state index contributed by atoms with van der Waals surface area (Å²) in [5.74, 6) is 0.721. The van der Waals surface area contributed by atoms with Gasteiger partial charge < -0.3 is 10.5 Å². The van der Waals surface area contributed by atoms with E-state index in [1.54, 1.807) is 18.0 Å². The molecule has 2 aromatic rings. The fourth-order valence-electron chi connectivity index (χ4n) is 1.77. The lowest BCUT2D eigenvalue weighted by Gasteiger charge is -2.14. The van der Waals surface area contributed by atoms with Crippen molar-refractivity contribution >= 4 is 22.6 Å². The van der Waals surface area contributed by atoms with Gasteiger partial charge in [0, 0.05) is 10.6 Å². The highest BCUT2D eigenvalue weighted by Crippen LogP contribution is 2.27. The molecular weight excluding hydrogens is 329 g/mol. The second-order valence-corrected chi connectivity index (χ2v) is 5.00. The molecule has 1 aromatic heterocycles. The molecule has 1 aromatic carbocycles. The monoisotopic (exact) mass is 343 g/mol. The Morgan fingerprint density at radius 2 is 2.00 bits per heavy atom. The Morgan fingerprint density at radius 3 is 2.59 bits per heavy atom. The van der Waals surface area contributed by atoms with Crippen LogP contribution in [0, 0.1) is 3.57 Å². The lowest BCUT2D eigenvalue weighted by atomic mass is 10.0. The molecule has 1 heterocycles. The van der Waals surface area contributed by atoms with E-state index < -0.39 is 0 Å². The number of nitrogens with zero attached hydrogens (tertiary/aromatic N) is 2. The number of hydrogen-bond donors (Lipinski definition) is 1. The summed E-state index contributed by atoms with van der Waals surface area (Å²) in [5, 5.41) is 4.16. The second kappa shape index (κ2) is 5.05. The number of ether oxygens (including phenoxy) is 1. The van der Waals surface area contributed by atoms with Crippen LogP contribution in [0.25, 0.3) is 0 Å². The van der Waals surface area contributed by atoms with Crippen LogP contribution >= 0.6 is 22.6 Å². The first-order chi connectivity index (χ1) is 8.13. The topological polar surface area (TPSA) is 53.1 Å². The van der Waals surface area contributed by atoms with Crippen LogP contribution < -0.4 is 10.5 Å². The maximum absolute atomic E-state index is 6.24. The third-order valence-electron chi connectivity index (χ3n) is 2.69. The van der Waals surface area contributed by atoms with E-state index in [-0.39, 0.29) is 6.04 Å². The molecule has 0 amide bonds. The minimum absolute atomic E-state index is 0.227. The molecule has 0 spiro atoms. The predicted octanol–water partition coefficient (Wildman–Crippen LogP) is 2.08. The van der Waals surface area contributed by atoms with Gasteiger partial charge in [-0.1, -0.05) is 12.1 Å². The van der Waals surface area contributed by atoms with Crippen LogP contribution in [0.5, 0.6) is 5.75 Å². The Kier molecular flexibility index (Phi) is 3.68. The zero-order valence-corrected chi connectivity index (χ0v) is 11.9. The molecule has 0 saturated heterocycles. The molecule has 0 saturated carbocycles. The average Bonchev–Trinajstić information content (AvgIpc) is 2.70. The van der Waals surface area contributed by atoms with Crippen molar-refractivity contribution in [2.75, 3.05) is 7.11 Å². The molecule has 0 fully saturated rings. The predicted molar refractivity (Wildman–Crippen MR) is 74.9 cm³/mol. The normalized spacial score (nSPS) is 12.5. The first-order valence-corrected chi connectivity index (χ1v) is 6.28. The molecule has 5 heteroatoms. The van der Waals surface area contributed by atoms with E-state index in [4.69, 9.17) is 10.5 Å². The minimum Gasteiger partial charge on any atom is -0.493 e. The number of halogens is 1. The summed E-state index contributed by atoms with van der Waals surface area (Å²) in [5.41, 5.74) is 8.18. The van der Waals surface area contributed by atoms with Crippen molar-refractivity contribution in [1.29, 1.82) is 0 Å². The van der Waals surface area contributed by atoms with Crippen molar-refractivity contribution in [3.63, 3.8) is 0 Å². The molecule has 0 aliphatic rings. The summed E-state index contributed by atoms with van der Waals surface area (Å²) < 4.78 is 8.21. The molecular formula is C12H14IN3O. The van der Waals surface area contributed by atoms with Gasteiger partial charge in [-0.3, -0.25) is 4.68 Å². The molecule has 17 heavy (non-hydrogen) atoms. The van der Waals surface area contributed by atoms with E-state index in [1.807, 2.05) is 31.3 Å². The molecule has 0 bridgehead atoms. The second-order valence-electron chi connectivity index (χ2n) is 3.75. The van der Waals surface area contributed by atoms with E-state index in [2.05, 4.69) is 27.7 Å². The molecule has 1 atom stereocenters. The fraction of sp³-hybridized carbons (Fsp3) is 0.250. The largest absolute Gasteiger partial charge is 0.493 e. The summed E-state index contributed by atoms with van der Waals surface area (Å²) >= 11 is 2.27.